The summed E-state index contributed by atoms with van der Waals surface area (Å²) in [6.45, 7) is -0.0702. The number of hydrogen-bond acceptors (Lipinski definition) is 5. The lowest BCUT2D eigenvalue weighted by molar-refractivity contribution is -0.122. The van der Waals surface area contributed by atoms with Crippen LogP contribution in [0, 0.1) is 5.41 Å². The van der Waals surface area contributed by atoms with E-state index in [-0.39, 0.29) is 43.2 Å². The summed E-state index contributed by atoms with van der Waals surface area (Å²) in [4.78, 5) is 23.9. The average Bonchev–Trinajstić information content (AvgIpc) is 2.69. The molecule has 0 unspecified atom stereocenters. The fourth-order valence-electron chi connectivity index (χ4n) is 2.31. The Kier molecular flexibility index (Phi) is 9.24. The number of carbonyl (C=O) groups is 2. The Morgan fingerprint density at radius 3 is 2.52 bits per heavy atom. The van der Waals surface area contributed by atoms with Crippen LogP contribution in [0.15, 0.2) is 36.4 Å². The number of rotatable bonds is 8. The van der Waals surface area contributed by atoms with Crippen LogP contribution in [0.5, 0.6) is 11.5 Å². The Labute approximate surface area is 179 Å². The molecule has 0 aliphatic carbocycles. The number of amidine groups is 1. The Morgan fingerprint density at radius 2 is 1.90 bits per heavy atom. The van der Waals surface area contributed by atoms with E-state index in [4.69, 9.17) is 32.2 Å². The molecule has 0 atom stereocenters. The van der Waals surface area contributed by atoms with Crippen molar-refractivity contribution in [3.05, 3.63) is 58.1 Å². The molecule has 0 heterocycles. The molecule has 2 amide bonds. The lowest BCUT2D eigenvalue weighted by Crippen LogP contribution is -2.26. The van der Waals surface area contributed by atoms with Crippen molar-refractivity contribution < 1.29 is 19.1 Å². The molecule has 0 bridgehead atoms. The molecule has 8 nitrogen and oxygen atoms in total. The van der Waals surface area contributed by atoms with E-state index in [0.29, 0.717) is 33.2 Å². The van der Waals surface area contributed by atoms with Crippen molar-refractivity contribution in [3.8, 4) is 11.5 Å². The van der Waals surface area contributed by atoms with Crippen molar-refractivity contribution >= 4 is 41.7 Å². The highest BCUT2D eigenvalue weighted by atomic mass is 35.5. The number of benzene rings is 2. The van der Waals surface area contributed by atoms with Crippen LogP contribution in [0.4, 0.5) is 0 Å². The number of amides is 2. The van der Waals surface area contributed by atoms with Crippen molar-refractivity contribution in [3.63, 3.8) is 0 Å². The van der Waals surface area contributed by atoms with Crippen LogP contribution in [-0.2, 0) is 11.3 Å². The molecule has 0 saturated carbocycles. The lowest BCUT2D eigenvalue weighted by atomic mass is 10.1. The maximum absolute atomic E-state index is 12.5. The van der Waals surface area contributed by atoms with Gasteiger partial charge >= 0.3 is 0 Å². The zero-order valence-corrected chi connectivity index (χ0v) is 17.4. The van der Waals surface area contributed by atoms with Crippen LogP contribution >= 0.6 is 24.0 Å². The van der Waals surface area contributed by atoms with Gasteiger partial charge in [-0.2, -0.15) is 0 Å². The van der Waals surface area contributed by atoms with E-state index in [2.05, 4.69) is 10.6 Å². The number of likely N-dealkylation sites (N-methyl/N-ethyl adjacent to an activating group) is 1. The van der Waals surface area contributed by atoms with E-state index < -0.39 is 0 Å². The smallest absolute Gasteiger partial charge is 0.257 e. The maximum Gasteiger partial charge on any atom is 0.257 e. The van der Waals surface area contributed by atoms with E-state index in [1.54, 1.807) is 30.3 Å². The van der Waals surface area contributed by atoms with E-state index in [9.17, 15) is 9.59 Å². The molecule has 0 aliphatic rings. The summed E-state index contributed by atoms with van der Waals surface area (Å²) >= 11 is 6.00. The number of nitrogens with one attached hydrogen (secondary N) is 3. The highest BCUT2D eigenvalue weighted by Crippen LogP contribution is 2.22. The molecule has 0 saturated heterocycles. The standard InChI is InChI=1S/C19H21ClN4O4.ClH/c1-23-17(25)10-28-16-7-11(18(21)22)3-4-12(16)9-24-19(26)13-5-14(20)8-15(6-13)27-2;/h3-8H,9-10H2,1-2H3,(H3,21,22)(H,23,25)(H,24,26);1H. The normalized spacial score (nSPS) is 9.76. The van der Waals surface area contributed by atoms with E-state index >= 15 is 0 Å². The van der Waals surface area contributed by atoms with Crippen LogP contribution in [0.25, 0.3) is 0 Å². The van der Waals surface area contributed by atoms with Gasteiger partial charge in [-0.3, -0.25) is 15.0 Å². The van der Waals surface area contributed by atoms with Crippen molar-refractivity contribution in [2.45, 2.75) is 6.54 Å². The molecule has 0 radical (unpaired) electrons. The zero-order valence-electron chi connectivity index (χ0n) is 15.9. The number of ether oxygens (including phenoxy) is 2. The first-order valence-electron chi connectivity index (χ1n) is 8.27. The van der Waals surface area contributed by atoms with Gasteiger partial charge in [0.25, 0.3) is 11.8 Å². The third-order valence-corrected chi connectivity index (χ3v) is 4.04. The lowest BCUT2D eigenvalue weighted by Gasteiger charge is -2.14. The van der Waals surface area contributed by atoms with Crippen LogP contribution in [0.2, 0.25) is 5.02 Å². The first-order chi connectivity index (χ1) is 13.3. The fourth-order valence-corrected chi connectivity index (χ4v) is 2.53. The first-order valence-corrected chi connectivity index (χ1v) is 8.65. The number of halogens is 2. The summed E-state index contributed by atoms with van der Waals surface area (Å²) in [6.07, 6.45) is 0. The Bertz CT molecular complexity index is 906. The van der Waals surface area contributed by atoms with Gasteiger partial charge < -0.3 is 25.8 Å². The highest BCUT2D eigenvalue weighted by molar-refractivity contribution is 6.31. The summed E-state index contributed by atoms with van der Waals surface area (Å²) in [6, 6.07) is 9.57. The van der Waals surface area contributed by atoms with Crippen LogP contribution in [0.3, 0.4) is 0 Å². The van der Waals surface area contributed by atoms with Gasteiger partial charge in [0, 0.05) is 35.3 Å². The number of nitrogens with two attached hydrogens (primary N) is 1. The van der Waals surface area contributed by atoms with Crippen LogP contribution < -0.4 is 25.8 Å². The van der Waals surface area contributed by atoms with E-state index in [1.807, 2.05) is 0 Å². The molecule has 10 heteroatoms. The minimum absolute atomic E-state index is 0. The molecule has 156 valence electrons. The second kappa shape index (κ2) is 11.1. The van der Waals surface area contributed by atoms with Crippen molar-refractivity contribution in [2.24, 2.45) is 5.73 Å². The Morgan fingerprint density at radius 1 is 1.17 bits per heavy atom. The summed E-state index contributed by atoms with van der Waals surface area (Å²) < 4.78 is 10.6. The van der Waals surface area contributed by atoms with Gasteiger partial charge in [-0.15, -0.1) is 12.4 Å². The van der Waals surface area contributed by atoms with Crippen molar-refractivity contribution in [1.82, 2.24) is 10.6 Å². The van der Waals surface area contributed by atoms with Gasteiger partial charge in [0.1, 0.15) is 17.3 Å². The topological polar surface area (TPSA) is 127 Å². The minimum atomic E-state index is -0.353. The van der Waals surface area contributed by atoms with Crippen molar-refractivity contribution in [2.75, 3.05) is 20.8 Å². The molecule has 2 aromatic rings. The molecular weight excluding hydrogens is 419 g/mol. The van der Waals surface area contributed by atoms with Crippen LogP contribution in [0.1, 0.15) is 21.5 Å². The molecule has 0 aliphatic heterocycles. The first kappa shape index (κ1) is 24.1. The third-order valence-electron chi connectivity index (χ3n) is 3.82. The summed E-state index contributed by atoms with van der Waals surface area (Å²) in [5, 5.41) is 13.1. The van der Waals surface area contributed by atoms with E-state index in [1.165, 1.54) is 20.2 Å². The quantitative estimate of drug-likeness (QED) is 0.369. The number of methoxy groups -OCH3 is 1. The number of carbonyl (C=O) groups excluding carboxylic acids is 2. The Hall–Kier alpha value is -2.97. The second-order valence-electron chi connectivity index (χ2n) is 5.76. The van der Waals surface area contributed by atoms with Crippen molar-refractivity contribution in [1.29, 1.82) is 5.41 Å². The minimum Gasteiger partial charge on any atom is -0.497 e. The zero-order chi connectivity index (χ0) is 20.7. The summed E-state index contributed by atoms with van der Waals surface area (Å²) in [7, 11) is 2.98. The molecule has 2 rings (SSSR count). The highest BCUT2D eigenvalue weighted by Gasteiger charge is 2.13. The van der Waals surface area contributed by atoms with Gasteiger partial charge in [-0.25, -0.2) is 0 Å². The van der Waals surface area contributed by atoms with E-state index in [0.717, 1.165) is 0 Å². The molecule has 2 aromatic carbocycles. The van der Waals surface area contributed by atoms with Gasteiger partial charge in [0.05, 0.1) is 7.11 Å². The largest absolute Gasteiger partial charge is 0.497 e. The Balaban J connectivity index is 0.00000420. The molecule has 5 N–H and O–H groups in total. The van der Waals surface area contributed by atoms with Gasteiger partial charge in [-0.05, 0) is 24.3 Å². The molecule has 0 aromatic heterocycles. The monoisotopic (exact) mass is 440 g/mol. The van der Waals surface area contributed by atoms with Gasteiger partial charge in [0.15, 0.2) is 6.61 Å². The number of nitrogen functional groups attached to an aromatic ring is 1. The SMILES string of the molecule is CNC(=O)COc1cc(C(=N)N)ccc1CNC(=O)c1cc(Cl)cc(OC)c1.Cl. The number of hydrogen-bond donors (Lipinski definition) is 4. The molecule has 29 heavy (non-hydrogen) atoms. The third kappa shape index (κ3) is 6.85. The summed E-state index contributed by atoms with van der Waals surface area (Å²) in [5.74, 6) is 0.0210. The molecule has 0 fully saturated rings. The molecule has 0 spiro atoms. The predicted octanol–water partition coefficient (Wildman–Crippen LogP) is 2.11. The summed E-state index contributed by atoms with van der Waals surface area (Å²) in [5.41, 5.74) is 6.92. The predicted molar refractivity (Wildman–Crippen MR) is 113 cm³/mol. The maximum atomic E-state index is 12.5. The fraction of sp³-hybridized carbons (Fsp3) is 0.211. The van der Waals surface area contributed by atoms with Gasteiger partial charge in [0.2, 0.25) is 0 Å². The second-order valence-corrected chi connectivity index (χ2v) is 6.20. The average molecular weight is 441 g/mol. The van der Waals surface area contributed by atoms with Gasteiger partial charge in [-0.1, -0.05) is 23.7 Å². The van der Waals surface area contributed by atoms with Crippen LogP contribution in [-0.4, -0.2) is 38.4 Å². The molecular formula is C19H22Cl2N4O4.